The topological polar surface area (TPSA) is 49.8 Å². The molecular weight excluding hydrogens is 400 g/mol. The fourth-order valence-electron chi connectivity index (χ4n) is 2.72. The SMILES string of the molecule is COc1ccccc1NC1SC(Sc2ccnc3cc(Cl)ccc23)=NN1C. The van der Waals surface area contributed by atoms with Gasteiger partial charge in [0.25, 0.3) is 0 Å². The third kappa shape index (κ3) is 3.95. The molecular formula is C19H17ClN4OS2. The molecule has 1 aliphatic heterocycles. The molecule has 0 spiro atoms. The lowest BCUT2D eigenvalue weighted by Gasteiger charge is -2.21. The molecule has 0 fully saturated rings. The molecule has 0 saturated heterocycles. The first-order chi connectivity index (χ1) is 13.1. The smallest absolute Gasteiger partial charge is 0.170 e. The van der Waals surface area contributed by atoms with Gasteiger partial charge in [0.05, 0.1) is 18.3 Å². The van der Waals surface area contributed by atoms with E-state index in [2.05, 4.69) is 15.4 Å². The molecule has 1 N–H and O–H groups in total. The van der Waals surface area contributed by atoms with Gasteiger partial charge in [0.15, 0.2) is 9.87 Å². The number of hydrogen-bond donors (Lipinski definition) is 1. The van der Waals surface area contributed by atoms with Crippen LogP contribution < -0.4 is 10.1 Å². The second-order valence-electron chi connectivity index (χ2n) is 5.83. The van der Waals surface area contributed by atoms with E-state index < -0.39 is 0 Å². The minimum atomic E-state index is -0.00801. The highest BCUT2D eigenvalue weighted by atomic mass is 35.5. The van der Waals surface area contributed by atoms with Crippen LogP contribution in [0, 0.1) is 0 Å². The van der Waals surface area contributed by atoms with Crippen LogP contribution in [0.5, 0.6) is 5.75 Å². The van der Waals surface area contributed by atoms with Crippen molar-refractivity contribution in [1.82, 2.24) is 9.99 Å². The number of thioether (sulfide) groups is 2. The van der Waals surface area contributed by atoms with E-state index in [9.17, 15) is 0 Å². The standard InChI is InChI=1S/C19H17ClN4OS2/c1-24-18(22-14-5-3-4-6-16(14)25-2)27-19(23-24)26-17-9-10-21-15-11-12(20)7-8-13(15)17/h3-11,18,22H,1-2H3. The predicted octanol–water partition coefficient (Wildman–Crippen LogP) is 5.33. The van der Waals surface area contributed by atoms with Crippen molar-refractivity contribution in [2.24, 2.45) is 5.10 Å². The fraction of sp³-hybridized carbons (Fsp3) is 0.158. The summed E-state index contributed by atoms with van der Waals surface area (Å²) >= 11 is 9.38. The highest BCUT2D eigenvalue weighted by Gasteiger charge is 2.26. The maximum Gasteiger partial charge on any atom is 0.170 e. The Kier molecular flexibility index (Phi) is 5.33. The van der Waals surface area contributed by atoms with Gasteiger partial charge in [-0.25, -0.2) is 0 Å². The molecule has 8 heteroatoms. The number of methoxy groups -OCH3 is 1. The Balaban J connectivity index is 1.51. The number of anilines is 1. The Morgan fingerprint density at radius 3 is 2.93 bits per heavy atom. The molecule has 3 aromatic rings. The van der Waals surface area contributed by atoms with Crippen LogP contribution in [-0.4, -0.2) is 34.0 Å². The largest absolute Gasteiger partial charge is 0.495 e. The van der Waals surface area contributed by atoms with Crippen molar-refractivity contribution in [2.75, 3.05) is 19.5 Å². The number of hydrogen-bond acceptors (Lipinski definition) is 7. The number of ether oxygens (including phenoxy) is 1. The molecule has 1 unspecified atom stereocenters. The number of aromatic nitrogens is 1. The van der Waals surface area contributed by atoms with E-state index in [0.29, 0.717) is 5.02 Å². The molecule has 0 bridgehead atoms. The first-order valence-corrected chi connectivity index (χ1v) is 10.3. The lowest BCUT2D eigenvalue weighted by molar-refractivity contribution is 0.362. The molecule has 1 aliphatic rings. The summed E-state index contributed by atoms with van der Waals surface area (Å²) in [6.07, 6.45) is 1.80. The minimum absolute atomic E-state index is 0.00801. The monoisotopic (exact) mass is 416 g/mol. The third-order valence-corrected chi connectivity index (χ3v) is 6.57. The average Bonchev–Trinajstić information content (AvgIpc) is 3.01. The lowest BCUT2D eigenvalue weighted by atomic mass is 10.2. The van der Waals surface area contributed by atoms with Crippen molar-refractivity contribution in [3.63, 3.8) is 0 Å². The van der Waals surface area contributed by atoms with Gasteiger partial charge in [0.2, 0.25) is 0 Å². The van der Waals surface area contributed by atoms with E-state index in [1.54, 1.807) is 36.8 Å². The number of fused-ring (bicyclic) bond motifs is 1. The number of hydrazone groups is 1. The maximum absolute atomic E-state index is 6.08. The van der Waals surface area contributed by atoms with Crippen LogP contribution in [0.4, 0.5) is 5.69 Å². The Hall–Kier alpha value is -2.09. The molecule has 1 atom stereocenters. The van der Waals surface area contributed by atoms with Crippen LogP contribution in [0.3, 0.4) is 0 Å². The van der Waals surface area contributed by atoms with Gasteiger partial charge in [-0.2, -0.15) is 5.10 Å². The van der Waals surface area contributed by atoms with Crippen LogP contribution in [0.15, 0.2) is 64.7 Å². The molecule has 1 aromatic heterocycles. The van der Waals surface area contributed by atoms with Gasteiger partial charge in [-0.3, -0.25) is 9.99 Å². The van der Waals surface area contributed by atoms with Gasteiger partial charge in [-0.05, 0) is 42.1 Å². The van der Waals surface area contributed by atoms with Crippen molar-refractivity contribution >= 4 is 56.1 Å². The predicted molar refractivity (Wildman–Crippen MR) is 116 cm³/mol. The molecule has 0 saturated carbocycles. The second-order valence-corrected chi connectivity index (χ2v) is 8.62. The molecule has 4 rings (SSSR count). The van der Waals surface area contributed by atoms with E-state index in [0.717, 1.165) is 31.6 Å². The summed E-state index contributed by atoms with van der Waals surface area (Å²) in [6.45, 7) is 0. The van der Waals surface area contributed by atoms with Gasteiger partial charge < -0.3 is 10.1 Å². The molecule has 5 nitrogen and oxygen atoms in total. The average molecular weight is 417 g/mol. The number of pyridine rings is 1. The number of rotatable bonds is 4. The van der Waals surface area contributed by atoms with Crippen molar-refractivity contribution < 1.29 is 4.74 Å². The highest BCUT2D eigenvalue weighted by molar-refractivity contribution is 8.39. The Bertz CT molecular complexity index is 1010. The van der Waals surface area contributed by atoms with Crippen LogP contribution >= 0.6 is 35.1 Å². The van der Waals surface area contributed by atoms with Crippen molar-refractivity contribution in [2.45, 2.75) is 10.4 Å². The highest BCUT2D eigenvalue weighted by Crippen LogP contribution is 2.38. The van der Waals surface area contributed by atoms with Gasteiger partial charge in [0, 0.05) is 28.5 Å². The number of nitrogens with one attached hydrogen (secondary N) is 1. The first kappa shape index (κ1) is 18.3. The molecule has 0 radical (unpaired) electrons. The van der Waals surface area contributed by atoms with Crippen molar-refractivity contribution in [3.05, 3.63) is 59.8 Å². The number of benzene rings is 2. The van der Waals surface area contributed by atoms with Gasteiger partial charge in [-0.1, -0.05) is 41.6 Å². The Morgan fingerprint density at radius 2 is 2.07 bits per heavy atom. The number of nitrogens with zero attached hydrogens (tertiary/aromatic N) is 3. The quantitative estimate of drug-likeness (QED) is 0.620. The zero-order valence-electron chi connectivity index (χ0n) is 14.7. The molecule has 0 amide bonds. The summed E-state index contributed by atoms with van der Waals surface area (Å²) in [7, 11) is 3.63. The fourth-order valence-corrected chi connectivity index (χ4v) is 5.14. The van der Waals surface area contributed by atoms with Crippen LogP contribution in [0.2, 0.25) is 5.02 Å². The first-order valence-electron chi connectivity index (χ1n) is 8.24. The lowest BCUT2D eigenvalue weighted by Crippen LogP contribution is -2.28. The summed E-state index contributed by atoms with van der Waals surface area (Å²) in [5, 5.41) is 11.8. The Labute approximate surface area is 171 Å². The normalized spacial score (nSPS) is 16.5. The van der Waals surface area contributed by atoms with E-state index in [1.807, 2.05) is 60.6 Å². The summed E-state index contributed by atoms with van der Waals surface area (Å²) in [5.74, 6) is 0.810. The molecule has 27 heavy (non-hydrogen) atoms. The zero-order valence-corrected chi connectivity index (χ0v) is 17.1. The molecule has 2 aromatic carbocycles. The van der Waals surface area contributed by atoms with Gasteiger partial charge >= 0.3 is 0 Å². The minimum Gasteiger partial charge on any atom is -0.495 e. The molecule has 138 valence electrons. The number of para-hydroxylation sites is 2. The maximum atomic E-state index is 6.08. The van der Waals surface area contributed by atoms with E-state index in [4.69, 9.17) is 16.3 Å². The summed E-state index contributed by atoms with van der Waals surface area (Å²) < 4.78 is 6.39. The van der Waals surface area contributed by atoms with Gasteiger partial charge in [0.1, 0.15) is 5.75 Å². The van der Waals surface area contributed by atoms with Crippen LogP contribution in [0.25, 0.3) is 10.9 Å². The molecule has 0 aliphatic carbocycles. The zero-order chi connectivity index (χ0) is 18.8. The van der Waals surface area contributed by atoms with Crippen molar-refractivity contribution in [1.29, 1.82) is 0 Å². The Morgan fingerprint density at radius 1 is 1.22 bits per heavy atom. The van der Waals surface area contributed by atoms with Crippen molar-refractivity contribution in [3.8, 4) is 5.75 Å². The van der Waals surface area contributed by atoms with Crippen LogP contribution in [0.1, 0.15) is 0 Å². The van der Waals surface area contributed by atoms with E-state index in [-0.39, 0.29) is 5.50 Å². The summed E-state index contributed by atoms with van der Waals surface area (Å²) in [6, 6.07) is 15.6. The van der Waals surface area contributed by atoms with Gasteiger partial charge in [-0.15, -0.1) is 0 Å². The number of halogens is 1. The van der Waals surface area contributed by atoms with Crippen LogP contribution in [-0.2, 0) is 0 Å². The second kappa shape index (κ2) is 7.88. The third-order valence-electron chi connectivity index (χ3n) is 4.04. The summed E-state index contributed by atoms with van der Waals surface area (Å²) in [4.78, 5) is 5.51. The van der Waals surface area contributed by atoms with E-state index >= 15 is 0 Å². The summed E-state index contributed by atoms with van der Waals surface area (Å²) in [5.41, 5.74) is 1.81. The van der Waals surface area contributed by atoms with E-state index in [1.165, 1.54) is 0 Å². The molecule has 2 heterocycles.